The van der Waals surface area contributed by atoms with Gasteiger partial charge in [-0.05, 0) is 47.7 Å². The third-order valence-corrected chi connectivity index (χ3v) is 3.42. The maximum atomic E-state index is 9.19. The van der Waals surface area contributed by atoms with E-state index in [1.54, 1.807) is 18.2 Å². The fourth-order valence-corrected chi connectivity index (χ4v) is 1.75. The smallest absolute Gasteiger partial charge is 0.157 e. The molecular weight excluding hydrogens is 1190 g/mol. The molecule has 0 heterocycles. The summed E-state index contributed by atoms with van der Waals surface area (Å²) >= 11 is 0. The van der Waals surface area contributed by atoms with Gasteiger partial charge in [-0.1, -0.05) is 38.6 Å². The molecule has 0 saturated carbocycles. The third-order valence-electron chi connectivity index (χ3n) is 3.42. The van der Waals surface area contributed by atoms with Gasteiger partial charge in [0.15, 0.2) is 23.0 Å². The van der Waals surface area contributed by atoms with Crippen LogP contribution in [-0.2, 0) is 0 Å². The normalized spacial score (nSPS) is 9.46. The summed E-state index contributed by atoms with van der Waals surface area (Å²) in [4.78, 5) is 0. The summed E-state index contributed by atoms with van der Waals surface area (Å²) in [5.41, 5.74) is 1.85. The Morgan fingerprint density at radius 1 is 0.808 bits per heavy atom. The van der Waals surface area contributed by atoms with Crippen LogP contribution in [0.2, 0.25) is 0 Å². The molecular formula is C18H22Ac4O4. The predicted octanol–water partition coefficient (Wildman–Crippen LogP) is 4.35. The standard InChI is InChI=1S/C10H14O2.C8H8O2.4Ac/c1-3-7(2)8-4-5-9(11)10(12)6-8;1-2-6-3-4-7(9)8(10)5-6;;;;/h4-7,11-12H,3H2,1-2H3;2-5,9-10H,1H2;;;;. The summed E-state index contributed by atoms with van der Waals surface area (Å²) in [6, 6.07) is 9.51. The van der Waals surface area contributed by atoms with Crippen LogP contribution < -0.4 is 0 Å². The Kier molecular flexibility index (Phi) is 28.2. The molecule has 0 aromatic heterocycles. The minimum atomic E-state index is -0.114. The van der Waals surface area contributed by atoms with Crippen LogP contribution in [0.1, 0.15) is 37.3 Å². The number of aromatic hydroxyl groups is 4. The first-order valence-electron chi connectivity index (χ1n) is 7.05. The van der Waals surface area contributed by atoms with Gasteiger partial charge in [-0.15, -0.1) is 0 Å². The zero-order valence-electron chi connectivity index (χ0n) is 15.1. The summed E-state index contributed by atoms with van der Waals surface area (Å²) < 4.78 is 0. The second kappa shape index (κ2) is 20.1. The largest absolute Gasteiger partial charge is 0.504 e. The average Bonchev–Trinajstić information content (AvgIpc) is 2.52. The first-order valence-corrected chi connectivity index (χ1v) is 7.05. The summed E-state index contributed by atoms with van der Waals surface area (Å²) in [5, 5.41) is 36.0. The minimum absolute atomic E-state index is 0. The zero-order valence-corrected chi connectivity index (χ0v) is 34.1. The Balaban J connectivity index is -0.000000163. The second-order valence-electron chi connectivity index (χ2n) is 5.01. The molecule has 0 aliphatic carbocycles. The van der Waals surface area contributed by atoms with E-state index < -0.39 is 0 Å². The fourth-order valence-electron chi connectivity index (χ4n) is 1.75. The maximum Gasteiger partial charge on any atom is 0.157 e. The molecule has 4 N–H and O–H groups in total. The van der Waals surface area contributed by atoms with E-state index in [1.165, 1.54) is 18.2 Å². The number of hydrogen-bond donors (Lipinski definition) is 4. The molecule has 0 saturated heterocycles. The van der Waals surface area contributed by atoms with Crippen molar-refractivity contribution >= 4 is 6.08 Å². The first kappa shape index (κ1) is 36.5. The molecule has 2 aromatic rings. The Hall–Kier alpha value is 3.15. The number of hydrogen-bond acceptors (Lipinski definition) is 4. The fraction of sp³-hybridized carbons (Fsp3) is 0.222. The van der Waals surface area contributed by atoms with Crippen LogP contribution in [0.15, 0.2) is 43.0 Å². The second-order valence-corrected chi connectivity index (χ2v) is 5.01. The molecule has 0 aliphatic heterocycles. The number of phenolic OH excluding ortho intramolecular Hbond substituents is 4. The van der Waals surface area contributed by atoms with Crippen molar-refractivity contribution in [2.75, 3.05) is 0 Å². The third kappa shape index (κ3) is 13.4. The van der Waals surface area contributed by atoms with E-state index in [1.807, 2.05) is 6.07 Å². The van der Waals surface area contributed by atoms with Gasteiger partial charge >= 0.3 is 0 Å². The van der Waals surface area contributed by atoms with Crippen LogP contribution in [0.3, 0.4) is 0 Å². The molecule has 2 aromatic carbocycles. The Morgan fingerprint density at radius 3 is 1.65 bits per heavy atom. The van der Waals surface area contributed by atoms with Crippen molar-refractivity contribution in [3.05, 3.63) is 54.1 Å². The molecule has 1 atom stereocenters. The monoisotopic (exact) mass is 1210 g/mol. The maximum absolute atomic E-state index is 9.19. The van der Waals surface area contributed by atoms with Crippen LogP contribution in [0, 0.1) is 176 Å². The molecule has 26 heavy (non-hydrogen) atoms. The number of benzene rings is 2. The van der Waals surface area contributed by atoms with E-state index in [2.05, 4.69) is 20.4 Å². The van der Waals surface area contributed by atoms with E-state index in [9.17, 15) is 5.11 Å². The summed E-state index contributed by atoms with van der Waals surface area (Å²) in [6.45, 7) is 7.69. The van der Waals surface area contributed by atoms with Crippen LogP contribution in [0.25, 0.3) is 6.08 Å². The molecule has 0 amide bonds. The molecule has 2 rings (SSSR count). The van der Waals surface area contributed by atoms with Gasteiger partial charge in [0.2, 0.25) is 0 Å². The van der Waals surface area contributed by atoms with Crippen molar-refractivity contribution in [3.8, 4) is 23.0 Å². The van der Waals surface area contributed by atoms with Crippen molar-refractivity contribution in [1.29, 1.82) is 0 Å². The Labute approximate surface area is 298 Å². The van der Waals surface area contributed by atoms with Crippen LogP contribution >= 0.6 is 0 Å². The number of rotatable bonds is 3. The van der Waals surface area contributed by atoms with Crippen molar-refractivity contribution in [2.24, 2.45) is 0 Å². The van der Waals surface area contributed by atoms with Crippen LogP contribution in [-0.4, -0.2) is 20.4 Å². The van der Waals surface area contributed by atoms with Gasteiger partial charge in [-0.2, -0.15) is 0 Å². The molecule has 1 unspecified atom stereocenters. The van der Waals surface area contributed by atoms with Gasteiger partial charge in [0.05, 0.1) is 0 Å². The van der Waals surface area contributed by atoms with Crippen molar-refractivity contribution in [3.63, 3.8) is 0 Å². The first-order chi connectivity index (χ1) is 10.4. The molecule has 0 aliphatic rings. The molecule has 130 valence electrons. The molecule has 0 spiro atoms. The van der Waals surface area contributed by atoms with Crippen molar-refractivity contribution in [2.45, 2.75) is 26.2 Å². The topological polar surface area (TPSA) is 80.9 Å². The summed E-state index contributed by atoms with van der Waals surface area (Å²) in [5.74, 6) is 0.120. The molecule has 0 bridgehead atoms. The molecule has 0 fully saturated rings. The van der Waals surface area contributed by atoms with E-state index in [0.29, 0.717) is 5.92 Å². The Bertz CT molecular complexity index is 651. The predicted molar refractivity (Wildman–Crippen MR) is 88.3 cm³/mol. The van der Waals surface area contributed by atoms with Gasteiger partial charge in [0.25, 0.3) is 0 Å². The minimum Gasteiger partial charge on any atom is -0.504 e. The molecule has 4 radical (unpaired) electrons. The zero-order chi connectivity index (χ0) is 16.7. The SMILES string of the molecule is C=Cc1ccc(O)c(O)c1.CCC(C)c1ccc(O)c(O)c1.[Ac].[Ac].[Ac].[Ac]. The van der Waals surface area contributed by atoms with Crippen LogP contribution in [0.5, 0.6) is 23.0 Å². The van der Waals surface area contributed by atoms with Crippen molar-refractivity contribution in [1.82, 2.24) is 0 Å². The Morgan fingerprint density at radius 2 is 1.27 bits per heavy atom. The van der Waals surface area contributed by atoms with Gasteiger partial charge in [-0.3, -0.25) is 0 Å². The molecule has 4 nitrogen and oxygen atoms in total. The summed E-state index contributed by atoms with van der Waals surface area (Å²) in [6.07, 6.45) is 2.63. The summed E-state index contributed by atoms with van der Waals surface area (Å²) in [7, 11) is 0. The van der Waals surface area contributed by atoms with Gasteiger partial charge in [0, 0.05) is 176 Å². The van der Waals surface area contributed by atoms with Gasteiger partial charge in [0.1, 0.15) is 0 Å². The van der Waals surface area contributed by atoms with E-state index in [0.717, 1.165) is 17.5 Å². The number of phenols is 4. The molecule has 8 heteroatoms. The van der Waals surface area contributed by atoms with Crippen LogP contribution in [0.4, 0.5) is 0 Å². The quantitative estimate of drug-likeness (QED) is 0.346. The van der Waals surface area contributed by atoms with E-state index >= 15 is 0 Å². The van der Waals surface area contributed by atoms with Crippen molar-refractivity contribution < 1.29 is 197 Å². The van der Waals surface area contributed by atoms with E-state index in [-0.39, 0.29) is 199 Å². The average molecular weight is 1210 g/mol. The van der Waals surface area contributed by atoms with Gasteiger partial charge in [-0.25, -0.2) is 0 Å². The van der Waals surface area contributed by atoms with Gasteiger partial charge < -0.3 is 20.4 Å². The van der Waals surface area contributed by atoms with E-state index in [4.69, 9.17) is 15.3 Å².